The zero-order valence-electron chi connectivity index (χ0n) is 26.0. The minimum Gasteiger partial charge on any atom is -0.447 e. The average Bonchev–Trinajstić information content (AvgIpc) is 3.56. The van der Waals surface area contributed by atoms with E-state index in [-0.39, 0.29) is 16.9 Å². The van der Waals surface area contributed by atoms with Crippen LogP contribution in [0.3, 0.4) is 0 Å². The van der Waals surface area contributed by atoms with Gasteiger partial charge in [-0.3, -0.25) is 25.1 Å². The first-order valence-corrected chi connectivity index (χ1v) is 15.2. The highest BCUT2D eigenvalue weighted by Gasteiger charge is 2.47. The van der Waals surface area contributed by atoms with Crippen molar-refractivity contribution in [1.29, 1.82) is 5.41 Å². The fourth-order valence-electron chi connectivity index (χ4n) is 4.86. The molecule has 2 aromatic heterocycles. The van der Waals surface area contributed by atoms with Crippen LogP contribution in [0, 0.1) is 10.8 Å². The maximum atomic E-state index is 14.3. The summed E-state index contributed by atoms with van der Waals surface area (Å²) in [6.07, 6.45) is 4.26. The van der Waals surface area contributed by atoms with Gasteiger partial charge in [0, 0.05) is 35.6 Å². The molecule has 47 heavy (non-hydrogen) atoms. The molecule has 0 radical (unpaired) electrons. The molecule has 12 nitrogen and oxygen atoms in total. The fraction of sp³-hybridized carbons (Fsp3) is 0.344. The number of H-pyrrole nitrogens is 1. The van der Waals surface area contributed by atoms with Gasteiger partial charge in [0.05, 0.1) is 24.2 Å². The Labute approximate surface area is 275 Å². The van der Waals surface area contributed by atoms with Crippen molar-refractivity contribution in [2.24, 2.45) is 5.41 Å². The number of hydrogen-bond acceptors (Lipinski definition) is 8. The molecule has 1 atom stereocenters. The summed E-state index contributed by atoms with van der Waals surface area (Å²) >= 11 is 6.50. The lowest BCUT2D eigenvalue weighted by Crippen LogP contribution is -2.58. The van der Waals surface area contributed by atoms with Gasteiger partial charge < -0.3 is 10.1 Å². The number of hydrogen-bond donors (Lipinski definition) is 3. The second-order valence-corrected chi connectivity index (χ2v) is 12.7. The first-order valence-electron chi connectivity index (χ1n) is 14.8. The molecule has 0 bridgehead atoms. The van der Waals surface area contributed by atoms with E-state index in [2.05, 4.69) is 51.2 Å². The third-order valence-corrected chi connectivity index (χ3v) is 7.74. The number of ether oxygens (including phenoxy) is 1. The number of alkyl halides is 2. The van der Waals surface area contributed by atoms with Crippen LogP contribution in [-0.4, -0.2) is 85.1 Å². The second-order valence-electron chi connectivity index (χ2n) is 12.3. The standard InChI is InChI=1S/C32H34ClF2N9O3/c1-31(2,3)11-14-39-29(36)44(28(45)21-7-5-20(6-8-21)26-37-12-4-13-38-26)25(16-47-30(46)43-17-32(34,35)18-43)22-9-10-24(33)23(15-22)27-40-19-41-42-27/h4-10,12-13,15,19,25H,11,14,16-18H2,1-3H3,(H2,36,39)(H,40,41,42)/t25-/m1/s1. The number of carbonyl (C=O) groups is 2. The number of nitrogens with one attached hydrogen (secondary N) is 3. The largest absolute Gasteiger partial charge is 0.447 e. The maximum absolute atomic E-state index is 14.3. The summed E-state index contributed by atoms with van der Waals surface area (Å²) in [5.41, 5.74) is 1.74. The molecule has 0 saturated carbocycles. The number of benzene rings is 2. The normalized spacial score (nSPS) is 14.6. The molecule has 1 aliphatic heterocycles. The molecular weight excluding hydrogens is 632 g/mol. The van der Waals surface area contributed by atoms with Crippen LogP contribution < -0.4 is 5.32 Å². The minimum absolute atomic E-state index is 0.0617. The van der Waals surface area contributed by atoms with E-state index in [1.54, 1.807) is 60.9 Å². The van der Waals surface area contributed by atoms with Gasteiger partial charge >= 0.3 is 6.09 Å². The summed E-state index contributed by atoms with van der Waals surface area (Å²) in [4.78, 5) is 41.8. The Balaban J connectivity index is 1.52. The Morgan fingerprint density at radius 2 is 1.83 bits per heavy atom. The topological polar surface area (TPSA) is 153 Å². The summed E-state index contributed by atoms with van der Waals surface area (Å²) in [6, 6.07) is 12.1. The summed E-state index contributed by atoms with van der Waals surface area (Å²) in [5, 5.41) is 19.1. The van der Waals surface area contributed by atoms with Gasteiger partial charge in [-0.2, -0.15) is 5.10 Å². The first kappa shape index (κ1) is 33.4. The Morgan fingerprint density at radius 3 is 2.45 bits per heavy atom. The van der Waals surface area contributed by atoms with Gasteiger partial charge in [-0.25, -0.2) is 28.5 Å². The average molecular weight is 666 g/mol. The molecule has 1 aliphatic rings. The molecule has 0 aliphatic carbocycles. The second kappa shape index (κ2) is 13.8. The van der Waals surface area contributed by atoms with Gasteiger partial charge in [-0.1, -0.05) is 50.6 Å². The molecule has 3 N–H and O–H groups in total. The molecule has 15 heteroatoms. The number of aromatic amines is 1. The van der Waals surface area contributed by atoms with Crippen LogP contribution in [0.2, 0.25) is 5.02 Å². The van der Waals surface area contributed by atoms with E-state index in [4.69, 9.17) is 21.7 Å². The Morgan fingerprint density at radius 1 is 1.13 bits per heavy atom. The molecule has 4 aromatic rings. The number of likely N-dealkylation sites (tertiary alicyclic amines) is 1. The number of amides is 2. The lowest BCUT2D eigenvalue weighted by molar-refractivity contribution is -0.120. The molecule has 0 spiro atoms. The Bertz CT molecular complexity index is 1710. The van der Waals surface area contributed by atoms with Crippen LogP contribution in [0.1, 0.15) is 49.2 Å². The Kier molecular flexibility index (Phi) is 9.80. The minimum atomic E-state index is -2.99. The number of nitrogens with zero attached hydrogens (tertiary/aromatic N) is 6. The van der Waals surface area contributed by atoms with Crippen LogP contribution in [0.25, 0.3) is 22.8 Å². The smallest absolute Gasteiger partial charge is 0.410 e. The van der Waals surface area contributed by atoms with Crippen LogP contribution in [0.4, 0.5) is 13.6 Å². The Hall–Kier alpha value is -4.98. The van der Waals surface area contributed by atoms with Crippen LogP contribution in [-0.2, 0) is 4.74 Å². The van der Waals surface area contributed by atoms with Crippen molar-refractivity contribution >= 4 is 29.6 Å². The van der Waals surface area contributed by atoms with Crippen molar-refractivity contribution in [2.75, 3.05) is 26.2 Å². The molecule has 0 unspecified atom stereocenters. The van der Waals surface area contributed by atoms with E-state index in [0.717, 1.165) is 4.90 Å². The number of carbonyl (C=O) groups excluding carboxylic acids is 2. The van der Waals surface area contributed by atoms with Gasteiger partial charge in [0.1, 0.15) is 12.9 Å². The van der Waals surface area contributed by atoms with Crippen molar-refractivity contribution in [3.63, 3.8) is 0 Å². The molecule has 3 heterocycles. The molecular formula is C32H34ClF2N9O3. The van der Waals surface area contributed by atoms with Crippen molar-refractivity contribution in [3.8, 4) is 22.8 Å². The zero-order valence-corrected chi connectivity index (χ0v) is 26.8. The lowest BCUT2D eigenvalue weighted by atomic mass is 9.92. The fourth-order valence-corrected chi connectivity index (χ4v) is 5.07. The van der Waals surface area contributed by atoms with Gasteiger partial charge in [-0.15, -0.1) is 0 Å². The number of halogens is 3. The maximum Gasteiger partial charge on any atom is 0.410 e. The molecule has 2 amide bonds. The van der Waals surface area contributed by atoms with Crippen molar-refractivity contribution in [1.82, 2.24) is 40.3 Å². The number of rotatable bonds is 9. The van der Waals surface area contributed by atoms with Crippen molar-refractivity contribution in [2.45, 2.75) is 39.2 Å². The molecule has 1 fully saturated rings. The lowest BCUT2D eigenvalue weighted by Gasteiger charge is -2.38. The highest BCUT2D eigenvalue weighted by Crippen LogP contribution is 2.33. The van der Waals surface area contributed by atoms with E-state index < -0.39 is 43.7 Å². The zero-order chi connectivity index (χ0) is 33.8. The molecule has 5 rings (SSSR count). The third-order valence-electron chi connectivity index (χ3n) is 7.41. The monoisotopic (exact) mass is 665 g/mol. The highest BCUT2D eigenvalue weighted by atomic mass is 35.5. The molecule has 1 saturated heterocycles. The van der Waals surface area contributed by atoms with E-state index in [9.17, 15) is 18.4 Å². The summed E-state index contributed by atoms with van der Waals surface area (Å²) < 4.78 is 32.6. The number of aromatic nitrogens is 5. The van der Waals surface area contributed by atoms with E-state index in [1.807, 2.05) is 0 Å². The van der Waals surface area contributed by atoms with Gasteiger partial charge in [-0.05, 0) is 47.7 Å². The summed E-state index contributed by atoms with van der Waals surface area (Å²) in [7, 11) is 0. The highest BCUT2D eigenvalue weighted by molar-refractivity contribution is 6.33. The van der Waals surface area contributed by atoms with Gasteiger partial charge in [0.25, 0.3) is 11.8 Å². The SMILES string of the molecule is CC(C)(C)CCNC(=N)N(C(=O)c1ccc(-c2ncccn2)cc1)[C@H](COC(=O)N1CC(F)(F)C1)c1ccc(Cl)c(-c2ncn[nH]2)c1. The van der Waals surface area contributed by atoms with E-state index >= 15 is 0 Å². The summed E-state index contributed by atoms with van der Waals surface area (Å²) in [5.74, 6) is -2.99. The predicted octanol–water partition coefficient (Wildman–Crippen LogP) is 5.81. The molecule has 246 valence electrons. The molecule has 2 aromatic carbocycles. The van der Waals surface area contributed by atoms with Crippen molar-refractivity contribution in [3.05, 3.63) is 83.4 Å². The van der Waals surface area contributed by atoms with Gasteiger partial charge in [0.15, 0.2) is 17.6 Å². The van der Waals surface area contributed by atoms with Crippen LogP contribution in [0.5, 0.6) is 0 Å². The third kappa shape index (κ3) is 8.25. The van der Waals surface area contributed by atoms with Crippen LogP contribution in [0.15, 0.2) is 67.3 Å². The van der Waals surface area contributed by atoms with Crippen LogP contribution >= 0.6 is 11.6 Å². The van der Waals surface area contributed by atoms with E-state index in [0.29, 0.717) is 46.3 Å². The van der Waals surface area contributed by atoms with Crippen molar-refractivity contribution < 1.29 is 23.1 Å². The van der Waals surface area contributed by atoms with E-state index in [1.165, 1.54) is 11.2 Å². The summed E-state index contributed by atoms with van der Waals surface area (Å²) in [6.45, 7) is 4.55. The quantitative estimate of drug-likeness (QED) is 0.150. The predicted molar refractivity (Wildman–Crippen MR) is 171 cm³/mol. The first-order chi connectivity index (χ1) is 22.3. The number of guanidine groups is 1. The van der Waals surface area contributed by atoms with Gasteiger partial charge in [0.2, 0.25) is 0 Å².